The molecule has 2 aromatic rings. The van der Waals surface area contributed by atoms with Gasteiger partial charge in [0.15, 0.2) is 5.09 Å². The zero-order chi connectivity index (χ0) is 13.1. The monoisotopic (exact) mass is 284 g/mol. The van der Waals surface area contributed by atoms with Crippen molar-refractivity contribution in [3.8, 4) is 0 Å². The van der Waals surface area contributed by atoms with Crippen LogP contribution in [0.5, 0.6) is 0 Å². The van der Waals surface area contributed by atoms with E-state index in [4.69, 9.17) is 21.1 Å². The maximum atomic E-state index is 12.0. The van der Waals surface area contributed by atoms with Gasteiger partial charge in [-0.15, -0.1) is 0 Å². The number of carboxylic acids is 1. The average molecular weight is 285 g/mol. The molecule has 0 saturated heterocycles. The SMILES string of the molecule is O=C(O)c1ccc(S(=O)Cc2ccccc2Cl)o1. The molecule has 1 aromatic heterocycles. The van der Waals surface area contributed by atoms with Crippen molar-refractivity contribution in [3.05, 3.63) is 52.7 Å². The zero-order valence-corrected chi connectivity index (χ0v) is 10.7. The van der Waals surface area contributed by atoms with Crippen LogP contribution in [0.4, 0.5) is 0 Å². The highest BCUT2D eigenvalue weighted by molar-refractivity contribution is 7.84. The van der Waals surface area contributed by atoms with Crippen molar-refractivity contribution in [3.63, 3.8) is 0 Å². The maximum absolute atomic E-state index is 12.0. The van der Waals surface area contributed by atoms with E-state index in [2.05, 4.69) is 0 Å². The zero-order valence-electron chi connectivity index (χ0n) is 9.13. The van der Waals surface area contributed by atoms with Crippen molar-refractivity contribution in [1.29, 1.82) is 0 Å². The number of halogens is 1. The molecule has 4 nitrogen and oxygen atoms in total. The van der Waals surface area contributed by atoms with Gasteiger partial charge in [0.05, 0.1) is 16.6 Å². The van der Waals surface area contributed by atoms with E-state index in [0.29, 0.717) is 5.02 Å². The highest BCUT2D eigenvalue weighted by atomic mass is 35.5. The summed E-state index contributed by atoms with van der Waals surface area (Å²) in [7, 11) is -1.45. The van der Waals surface area contributed by atoms with Crippen LogP contribution in [0.1, 0.15) is 16.1 Å². The molecule has 0 fully saturated rings. The van der Waals surface area contributed by atoms with E-state index in [-0.39, 0.29) is 16.6 Å². The Balaban J connectivity index is 2.17. The summed E-state index contributed by atoms with van der Waals surface area (Å²) in [6.45, 7) is 0. The topological polar surface area (TPSA) is 67.5 Å². The third kappa shape index (κ3) is 2.80. The third-order valence-corrected chi connectivity index (χ3v) is 3.87. The van der Waals surface area contributed by atoms with Crippen LogP contribution in [0.2, 0.25) is 5.02 Å². The molecule has 0 bridgehead atoms. The van der Waals surface area contributed by atoms with E-state index in [1.165, 1.54) is 12.1 Å². The molecule has 18 heavy (non-hydrogen) atoms. The Labute approximate surface area is 111 Å². The van der Waals surface area contributed by atoms with E-state index in [1.54, 1.807) is 24.3 Å². The van der Waals surface area contributed by atoms with Crippen LogP contribution >= 0.6 is 11.6 Å². The lowest BCUT2D eigenvalue weighted by atomic mass is 10.2. The van der Waals surface area contributed by atoms with Gasteiger partial charge < -0.3 is 9.52 Å². The fraction of sp³-hybridized carbons (Fsp3) is 0.0833. The molecule has 0 amide bonds. The molecular formula is C12H9ClO4S. The van der Waals surface area contributed by atoms with Crippen molar-refractivity contribution >= 4 is 28.4 Å². The van der Waals surface area contributed by atoms with Crippen molar-refractivity contribution in [2.45, 2.75) is 10.8 Å². The summed E-state index contributed by atoms with van der Waals surface area (Å²) in [5.74, 6) is -1.22. The second kappa shape index (κ2) is 5.37. The molecule has 1 N–H and O–H groups in total. The normalized spacial score (nSPS) is 12.3. The lowest BCUT2D eigenvalue weighted by Gasteiger charge is -2.01. The minimum absolute atomic E-state index is 0.132. The van der Waals surface area contributed by atoms with Crippen molar-refractivity contribution < 1.29 is 18.5 Å². The summed E-state index contributed by atoms with van der Waals surface area (Å²) in [4.78, 5) is 10.6. The van der Waals surface area contributed by atoms with E-state index >= 15 is 0 Å². The Morgan fingerprint density at radius 2 is 2.00 bits per heavy atom. The molecular weight excluding hydrogens is 276 g/mol. The van der Waals surface area contributed by atoms with Crippen LogP contribution in [0.15, 0.2) is 45.9 Å². The number of hydrogen-bond donors (Lipinski definition) is 1. The van der Waals surface area contributed by atoms with Gasteiger partial charge in [-0.2, -0.15) is 0 Å². The average Bonchev–Trinajstić information content (AvgIpc) is 2.81. The molecule has 2 rings (SSSR count). The van der Waals surface area contributed by atoms with Crippen LogP contribution in [0, 0.1) is 0 Å². The molecule has 0 spiro atoms. The van der Waals surface area contributed by atoms with Gasteiger partial charge in [-0.1, -0.05) is 29.8 Å². The molecule has 1 unspecified atom stereocenters. The van der Waals surface area contributed by atoms with Gasteiger partial charge in [0.1, 0.15) is 0 Å². The van der Waals surface area contributed by atoms with Gasteiger partial charge in [-0.05, 0) is 23.8 Å². The molecule has 0 aliphatic rings. The molecule has 6 heteroatoms. The van der Waals surface area contributed by atoms with Gasteiger partial charge in [-0.3, -0.25) is 4.21 Å². The van der Waals surface area contributed by atoms with Crippen molar-refractivity contribution in [2.24, 2.45) is 0 Å². The fourth-order valence-electron chi connectivity index (χ4n) is 1.39. The van der Waals surface area contributed by atoms with Crippen LogP contribution < -0.4 is 0 Å². The summed E-state index contributed by atoms with van der Waals surface area (Å²) in [6, 6.07) is 9.73. The van der Waals surface area contributed by atoms with E-state index in [0.717, 1.165) is 5.56 Å². The molecule has 1 heterocycles. The van der Waals surface area contributed by atoms with E-state index < -0.39 is 16.8 Å². The third-order valence-electron chi connectivity index (χ3n) is 2.26. The summed E-state index contributed by atoms with van der Waals surface area (Å²) >= 11 is 5.95. The second-order valence-electron chi connectivity index (χ2n) is 3.51. The van der Waals surface area contributed by atoms with E-state index in [1.807, 2.05) is 0 Å². The molecule has 94 valence electrons. The minimum Gasteiger partial charge on any atom is -0.475 e. The predicted octanol–water partition coefficient (Wildman–Crippen LogP) is 2.94. The van der Waals surface area contributed by atoms with Gasteiger partial charge in [0, 0.05) is 5.02 Å². The summed E-state index contributed by atoms with van der Waals surface area (Å²) in [5.41, 5.74) is 0.728. The van der Waals surface area contributed by atoms with Crippen molar-refractivity contribution in [2.75, 3.05) is 0 Å². The quantitative estimate of drug-likeness (QED) is 0.937. The molecule has 0 aliphatic heterocycles. The predicted molar refractivity (Wildman–Crippen MR) is 67.2 cm³/mol. The summed E-state index contributed by atoms with van der Waals surface area (Å²) in [5, 5.41) is 9.36. The number of furan rings is 1. The van der Waals surface area contributed by atoms with Crippen LogP contribution in [0.25, 0.3) is 0 Å². The Morgan fingerprint density at radius 1 is 1.28 bits per heavy atom. The Kier molecular flexibility index (Phi) is 3.84. The first-order chi connectivity index (χ1) is 8.58. The number of rotatable bonds is 4. The van der Waals surface area contributed by atoms with Crippen LogP contribution in [-0.4, -0.2) is 15.3 Å². The Hall–Kier alpha value is -1.59. The van der Waals surface area contributed by atoms with Gasteiger partial charge >= 0.3 is 5.97 Å². The lowest BCUT2D eigenvalue weighted by molar-refractivity contribution is 0.0656. The number of carbonyl (C=O) groups is 1. The molecule has 0 radical (unpaired) electrons. The van der Waals surface area contributed by atoms with Gasteiger partial charge in [0.2, 0.25) is 5.76 Å². The van der Waals surface area contributed by atoms with Crippen LogP contribution in [0.3, 0.4) is 0 Å². The molecule has 1 aromatic carbocycles. The standard InChI is InChI=1S/C12H9ClO4S/c13-9-4-2-1-3-8(9)7-18(16)11-6-5-10(17-11)12(14)15/h1-6H,7H2,(H,14,15). The first-order valence-corrected chi connectivity index (χ1v) is 6.72. The lowest BCUT2D eigenvalue weighted by Crippen LogP contribution is -1.96. The number of aromatic carboxylic acids is 1. The minimum atomic E-state index is -1.45. The summed E-state index contributed by atoms with van der Waals surface area (Å²) < 4.78 is 16.9. The number of hydrogen-bond acceptors (Lipinski definition) is 3. The largest absolute Gasteiger partial charge is 0.475 e. The van der Waals surface area contributed by atoms with Crippen molar-refractivity contribution in [1.82, 2.24) is 0 Å². The molecule has 0 saturated carbocycles. The maximum Gasteiger partial charge on any atom is 0.371 e. The molecule has 0 aliphatic carbocycles. The fourth-order valence-corrected chi connectivity index (χ4v) is 2.75. The van der Waals surface area contributed by atoms with Gasteiger partial charge in [-0.25, -0.2) is 4.79 Å². The summed E-state index contributed by atoms with van der Waals surface area (Å²) in [6.07, 6.45) is 0. The van der Waals surface area contributed by atoms with Gasteiger partial charge in [0.25, 0.3) is 0 Å². The van der Waals surface area contributed by atoms with Crippen LogP contribution in [-0.2, 0) is 16.6 Å². The Morgan fingerprint density at radius 3 is 2.61 bits per heavy atom. The molecule has 1 atom stereocenters. The highest BCUT2D eigenvalue weighted by Gasteiger charge is 2.14. The highest BCUT2D eigenvalue weighted by Crippen LogP contribution is 2.20. The first-order valence-electron chi connectivity index (χ1n) is 5.03. The second-order valence-corrected chi connectivity index (χ2v) is 5.29. The first kappa shape index (κ1) is 12.9. The number of carboxylic acid groups (broad SMARTS) is 1. The Bertz CT molecular complexity index is 606. The smallest absolute Gasteiger partial charge is 0.371 e. The number of benzene rings is 1. The van der Waals surface area contributed by atoms with E-state index in [9.17, 15) is 9.00 Å².